The number of rotatable bonds is 3. The van der Waals surface area contributed by atoms with Crippen LogP contribution in [0.4, 0.5) is 13.2 Å². The Morgan fingerprint density at radius 1 is 1.21 bits per heavy atom. The van der Waals surface area contributed by atoms with Gasteiger partial charge < -0.3 is 9.72 Å². The Morgan fingerprint density at radius 3 is 2.54 bits per heavy atom. The van der Waals surface area contributed by atoms with Gasteiger partial charge in [-0.25, -0.2) is 4.79 Å². The van der Waals surface area contributed by atoms with Crippen LogP contribution in [0.25, 0.3) is 11.0 Å². The number of nitrogens with one attached hydrogen (secondary N) is 1. The van der Waals surface area contributed by atoms with Gasteiger partial charge in [0.05, 0.1) is 29.3 Å². The van der Waals surface area contributed by atoms with E-state index < -0.39 is 17.7 Å². The molecule has 0 fully saturated rings. The normalized spacial score (nSPS) is 11.7. The second-order valence-electron chi connectivity index (χ2n) is 5.28. The van der Waals surface area contributed by atoms with Crippen LogP contribution in [-0.2, 0) is 17.3 Å². The van der Waals surface area contributed by atoms with Crippen molar-refractivity contribution in [1.82, 2.24) is 9.97 Å². The standard InChI is InChI=1S/C17H13F3N2O2/c1-24-16(23)13-6-7-21-14-9-12(22-15(13)14)8-10-2-4-11(5-3-10)17(18,19)20/h2-7,9,22H,8H2,1H3. The van der Waals surface area contributed by atoms with Gasteiger partial charge in [-0.15, -0.1) is 0 Å². The number of alkyl halides is 3. The predicted molar refractivity (Wildman–Crippen MR) is 81.7 cm³/mol. The number of aromatic amines is 1. The highest BCUT2D eigenvalue weighted by molar-refractivity contribution is 6.01. The zero-order valence-corrected chi connectivity index (χ0v) is 12.6. The van der Waals surface area contributed by atoms with Crippen LogP contribution in [0.5, 0.6) is 0 Å². The van der Waals surface area contributed by atoms with Gasteiger partial charge in [0.1, 0.15) is 0 Å². The van der Waals surface area contributed by atoms with E-state index in [9.17, 15) is 18.0 Å². The molecular formula is C17H13F3N2O2. The van der Waals surface area contributed by atoms with Crippen LogP contribution >= 0.6 is 0 Å². The van der Waals surface area contributed by atoms with Gasteiger partial charge >= 0.3 is 12.1 Å². The Morgan fingerprint density at radius 2 is 1.92 bits per heavy atom. The summed E-state index contributed by atoms with van der Waals surface area (Å²) in [7, 11) is 1.29. The number of fused-ring (bicyclic) bond motifs is 1. The molecule has 1 N–H and O–H groups in total. The Bertz CT molecular complexity index is 883. The molecule has 0 atom stereocenters. The highest BCUT2D eigenvalue weighted by Crippen LogP contribution is 2.29. The maximum atomic E-state index is 12.6. The van der Waals surface area contributed by atoms with Crippen LogP contribution in [0.3, 0.4) is 0 Å². The summed E-state index contributed by atoms with van der Waals surface area (Å²) in [6.45, 7) is 0. The van der Waals surface area contributed by atoms with Gasteiger partial charge in [0, 0.05) is 18.3 Å². The number of aromatic nitrogens is 2. The molecule has 7 heteroatoms. The van der Waals surface area contributed by atoms with E-state index in [1.165, 1.54) is 25.4 Å². The minimum absolute atomic E-state index is 0.362. The average Bonchev–Trinajstić information content (AvgIpc) is 2.96. The molecule has 0 bridgehead atoms. The smallest absolute Gasteiger partial charge is 0.416 e. The number of ether oxygens (including phenoxy) is 1. The number of hydrogen-bond donors (Lipinski definition) is 1. The molecule has 124 valence electrons. The third-order valence-electron chi connectivity index (χ3n) is 3.66. The summed E-state index contributed by atoms with van der Waals surface area (Å²) in [6, 6.07) is 8.28. The van der Waals surface area contributed by atoms with Gasteiger partial charge in [0.25, 0.3) is 0 Å². The molecule has 24 heavy (non-hydrogen) atoms. The van der Waals surface area contributed by atoms with E-state index >= 15 is 0 Å². The first kappa shape index (κ1) is 16.0. The summed E-state index contributed by atoms with van der Waals surface area (Å²) in [5, 5.41) is 0. The third-order valence-corrected chi connectivity index (χ3v) is 3.66. The zero-order chi connectivity index (χ0) is 17.3. The van der Waals surface area contributed by atoms with Crippen LogP contribution in [0.2, 0.25) is 0 Å². The second-order valence-corrected chi connectivity index (χ2v) is 5.28. The lowest BCUT2D eigenvalue weighted by Crippen LogP contribution is -2.04. The van der Waals surface area contributed by atoms with E-state index in [4.69, 9.17) is 4.74 Å². The summed E-state index contributed by atoms with van der Waals surface area (Å²) < 4.78 is 42.5. The Hall–Kier alpha value is -2.83. The molecule has 0 saturated carbocycles. The monoisotopic (exact) mass is 334 g/mol. The molecule has 1 aromatic carbocycles. The van der Waals surface area contributed by atoms with Gasteiger partial charge in [-0.2, -0.15) is 13.2 Å². The largest absolute Gasteiger partial charge is 0.465 e. The van der Waals surface area contributed by atoms with Crippen molar-refractivity contribution >= 4 is 17.0 Å². The molecule has 3 rings (SSSR count). The van der Waals surface area contributed by atoms with Crippen molar-refractivity contribution in [3.63, 3.8) is 0 Å². The number of esters is 1. The molecule has 0 radical (unpaired) electrons. The Labute approximate surface area is 135 Å². The average molecular weight is 334 g/mol. The minimum atomic E-state index is -4.35. The molecule has 3 aromatic rings. The molecule has 2 heterocycles. The Balaban J connectivity index is 1.89. The molecule has 4 nitrogen and oxygen atoms in total. The summed E-state index contributed by atoms with van der Waals surface area (Å²) in [5.41, 5.74) is 2.28. The van der Waals surface area contributed by atoms with Crippen LogP contribution in [0, 0.1) is 0 Å². The van der Waals surface area contributed by atoms with E-state index in [0.717, 1.165) is 17.8 Å². The van der Waals surface area contributed by atoms with Crippen LogP contribution in [-0.4, -0.2) is 23.0 Å². The summed E-state index contributed by atoms with van der Waals surface area (Å²) in [5.74, 6) is -0.481. The first-order valence-corrected chi connectivity index (χ1v) is 7.09. The van der Waals surface area contributed by atoms with E-state index in [-0.39, 0.29) is 0 Å². The predicted octanol–water partition coefficient (Wildman–Crippen LogP) is 3.96. The van der Waals surface area contributed by atoms with Crippen molar-refractivity contribution < 1.29 is 22.7 Å². The fourth-order valence-electron chi connectivity index (χ4n) is 2.49. The number of carbonyl (C=O) groups excluding carboxylic acids is 1. The third kappa shape index (κ3) is 3.10. The number of halogens is 3. The maximum Gasteiger partial charge on any atom is 0.416 e. The van der Waals surface area contributed by atoms with Crippen LogP contribution in [0.15, 0.2) is 42.6 Å². The van der Waals surface area contributed by atoms with Crippen molar-refractivity contribution in [3.05, 3.63) is 65.0 Å². The van der Waals surface area contributed by atoms with Gasteiger partial charge in [-0.1, -0.05) is 12.1 Å². The molecule has 0 saturated heterocycles. The first-order valence-electron chi connectivity index (χ1n) is 7.09. The molecule has 0 aliphatic rings. The fraction of sp³-hybridized carbons (Fsp3) is 0.176. The second kappa shape index (κ2) is 5.99. The summed E-state index contributed by atoms with van der Waals surface area (Å²) >= 11 is 0. The van der Waals surface area contributed by atoms with E-state index in [0.29, 0.717) is 28.6 Å². The molecule has 0 amide bonds. The SMILES string of the molecule is COC(=O)c1ccnc2cc(Cc3ccc(C(F)(F)F)cc3)[nH]c12. The zero-order valence-electron chi connectivity index (χ0n) is 12.6. The van der Waals surface area contributed by atoms with Gasteiger partial charge in [-0.3, -0.25) is 4.98 Å². The molecule has 0 aliphatic carbocycles. The van der Waals surface area contributed by atoms with Gasteiger partial charge in [0.2, 0.25) is 0 Å². The van der Waals surface area contributed by atoms with Crippen molar-refractivity contribution in [2.24, 2.45) is 0 Å². The molecule has 0 unspecified atom stereocenters. The van der Waals surface area contributed by atoms with Crippen LogP contribution in [0.1, 0.15) is 27.2 Å². The molecular weight excluding hydrogens is 321 g/mol. The summed E-state index contributed by atoms with van der Waals surface area (Å²) in [4.78, 5) is 19.0. The maximum absolute atomic E-state index is 12.6. The van der Waals surface area contributed by atoms with Gasteiger partial charge in [-0.05, 0) is 29.8 Å². The number of carbonyl (C=O) groups is 1. The number of pyridine rings is 1. The number of hydrogen-bond acceptors (Lipinski definition) is 3. The van der Waals surface area contributed by atoms with Gasteiger partial charge in [0.15, 0.2) is 0 Å². The Kier molecular flexibility index (Phi) is 4.01. The lowest BCUT2D eigenvalue weighted by Gasteiger charge is -2.07. The number of benzene rings is 1. The first-order chi connectivity index (χ1) is 11.4. The van der Waals surface area contributed by atoms with E-state index in [2.05, 4.69) is 9.97 Å². The van der Waals surface area contributed by atoms with Crippen molar-refractivity contribution in [2.45, 2.75) is 12.6 Å². The molecule has 0 spiro atoms. The number of H-pyrrole nitrogens is 1. The molecule has 0 aliphatic heterocycles. The quantitative estimate of drug-likeness (QED) is 0.738. The highest BCUT2D eigenvalue weighted by atomic mass is 19.4. The summed E-state index contributed by atoms with van der Waals surface area (Å²) in [6.07, 6.45) is -2.45. The van der Waals surface area contributed by atoms with Crippen molar-refractivity contribution in [3.8, 4) is 0 Å². The molecule has 2 aromatic heterocycles. The number of nitrogens with zero attached hydrogens (tertiary/aromatic N) is 1. The van der Waals surface area contributed by atoms with E-state index in [1.54, 1.807) is 12.1 Å². The van der Waals surface area contributed by atoms with E-state index in [1.807, 2.05) is 0 Å². The lowest BCUT2D eigenvalue weighted by molar-refractivity contribution is -0.137. The van der Waals surface area contributed by atoms with Crippen LogP contribution < -0.4 is 0 Å². The number of methoxy groups -OCH3 is 1. The lowest BCUT2D eigenvalue weighted by atomic mass is 10.1. The van der Waals surface area contributed by atoms with Crippen molar-refractivity contribution in [2.75, 3.05) is 7.11 Å². The van der Waals surface area contributed by atoms with Crippen molar-refractivity contribution in [1.29, 1.82) is 0 Å². The topological polar surface area (TPSA) is 55.0 Å². The fourth-order valence-corrected chi connectivity index (χ4v) is 2.49. The highest BCUT2D eigenvalue weighted by Gasteiger charge is 2.29. The minimum Gasteiger partial charge on any atom is -0.465 e.